The minimum atomic E-state index is -0.105. The van der Waals surface area contributed by atoms with E-state index in [-0.39, 0.29) is 11.2 Å². The number of carbonyl (C=O) groups excluding carboxylic acids is 1. The molecule has 3 nitrogen and oxygen atoms in total. The van der Waals surface area contributed by atoms with Gasteiger partial charge in [0, 0.05) is 28.3 Å². The number of anilines is 1. The third kappa shape index (κ3) is 4.65. The second-order valence-electron chi connectivity index (χ2n) is 4.30. The van der Waals surface area contributed by atoms with Gasteiger partial charge in [-0.15, -0.1) is 11.8 Å². The van der Waals surface area contributed by atoms with Gasteiger partial charge >= 0.3 is 0 Å². The molecule has 0 aliphatic rings. The molecule has 0 bridgehead atoms. The Morgan fingerprint density at radius 2 is 1.90 bits per heavy atom. The fraction of sp³-hybridized carbons (Fsp3) is 0.200. The highest BCUT2D eigenvalue weighted by Gasteiger charge is 2.13. The predicted molar refractivity (Wildman–Crippen MR) is 87.8 cm³/mol. The lowest BCUT2D eigenvalue weighted by molar-refractivity contribution is -0.115. The van der Waals surface area contributed by atoms with Crippen molar-refractivity contribution in [3.05, 3.63) is 58.8 Å². The monoisotopic (exact) mass is 350 g/mol. The number of halogens is 1. The van der Waals surface area contributed by atoms with E-state index in [1.165, 1.54) is 5.56 Å². The molecule has 0 spiro atoms. The van der Waals surface area contributed by atoms with E-state index < -0.39 is 0 Å². The van der Waals surface area contributed by atoms with Gasteiger partial charge in [0.2, 0.25) is 5.91 Å². The highest BCUT2D eigenvalue weighted by molar-refractivity contribution is 9.10. The first-order chi connectivity index (χ1) is 9.65. The van der Waals surface area contributed by atoms with Crippen LogP contribution in [-0.4, -0.2) is 16.1 Å². The summed E-state index contributed by atoms with van der Waals surface area (Å²) in [6, 6.07) is 11.7. The standard InChI is InChI=1S/C15H15BrN2OS/c1-11(15(19)18-14-6-8-17-9-7-14)20-10-12-2-4-13(16)5-3-12/h2-9,11H,10H2,1H3,(H,17,18,19). The van der Waals surface area contributed by atoms with Crippen LogP contribution in [0.1, 0.15) is 12.5 Å². The Labute approximate surface area is 131 Å². The SMILES string of the molecule is CC(SCc1ccc(Br)cc1)C(=O)Nc1ccncc1. The highest BCUT2D eigenvalue weighted by Crippen LogP contribution is 2.20. The molecule has 0 fully saturated rings. The van der Waals surface area contributed by atoms with Gasteiger partial charge in [0.05, 0.1) is 5.25 Å². The van der Waals surface area contributed by atoms with Crippen molar-refractivity contribution in [3.63, 3.8) is 0 Å². The van der Waals surface area contributed by atoms with Gasteiger partial charge in [-0.05, 0) is 36.8 Å². The van der Waals surface area contributed by atoms with E-state index in [2.05, 4.69) is 38.4 Å². The Morgan fingerprint density at radius 1 is 1.25 bits per heavy atom. The van der Waals surface area contributed by atoms with E-state index in [9.17, 15) is 4.79 Å². The Bertz CT molecular complexity index is 560. The molecule has 1 atom stereocenters. The van der Waals surface area contributed by atoms with Gasteiger partial charge in [0.15, 0.2) is 0 Å². The number of nitrogens with one attached hydrogen (secondary N) is 1. The molecule has 1 aromatic carbocycles. The van der Waals surface area contributed by atoms with E-state index >= 15 is 0 Å². The molecule has 1 heterocycles. The number of nitrogens with zero attached hydrogens (tertiary/aromatic N) is 1. The Balaban J connectivity index is 1.83. The summed E-state index contributed by atoms with van der Waals surface area (Å²) in [6.45, 7) is 1.92. The molecular formula is C15H15BrN2OS. The van der Waals surface area contributed by atoms with E-state index in [0.29, 0.717) is 0 Å². The van der Waals surface area contributed by atoms with Crippen LogP contribution in [0.5, 0.6) is 0 Å². The van der Waals surface area contributed by atoms with Gasteiger partial charge in [0.25, 0.3) is 0 Å². The predicted octanol–water partition coefficient (Wildman–Crippen LogP) is 4.10. The van der Waals surface area contributed by atoms with Crippen LogP contribution >= 0.6 is 27.7 Å². The Hall–Kier alpha value is -1.33. The molecule has 0 aliphatic carbocycles. The van der Waals surface area contributed by atoms with E-state index in [1.54, 1.807) is 36.3 Å². The van der Waals surface area contributed by atoms with Gasteiger partial charge in [0.1, 0.15) is 0 Å². The number of carbonyl (C=O) groups is 1. The van der Waals surface area contributed by atoms with Gasteiger partial charge < -0.3 is 5.32 Å². The van der Waals surface area contributed by atoms with Crippen molar-refractivity contribution in [1.29, 1.82) is 0 Å². The third-order valence-corrected chi connectivity index (χ3v) is 4.47. The van der Waals surface area contributed by atoms with Gasteiger partial charge in [-0.1, -0.05) is 28.1 Å². The number of hydrogen-bond donors (Lipinski definition) is 1. The largest absolute Gasteiger partial charge is 0.325 e. The van der Waals surface area contributed by atoms with Crippen LogP contribution < -0.4 is 5.32 Å². The van der Waals surface area contributed by atoms with E-state index in [4.69, 9.17) is 0 Å². The van der Waals surface area contributed by atoms with Crippen molar-refractivity contribution in [2.45, 2.75) is 17.9 Å². The normalized spacial score (nSPS) is 11.9. The number of amides is 1. The summed E-state index contributed by atoms with van der Waals surface area (Å²) < 4.78 is 1.06. The summed E-state index contributed by atoms with van der Waals surface area (Å²) >= 11 is 5.03. The molecule has 0 saturated heterocycles. The number of aromatic nitrogens is 1. The number of benzene rings is 1. The zero-order valence-corrected chi connectivity index (χ0v) is 13.4. The maximum absolute atomic E-state index is 12.0. The number of pyridine rings is 1. The van der Waals surface area contributed by atoms with Crippen molar-refractivity contribution in [3.8, 4) is 0 Å². The van der Waals surface area contributed by atoms with Crippen LogP contribution in [0.3, 0.4) is 0 Å². The number of hydrogen-bond acceptors (Lipinski definition) is 3. The molecule has 1 aromatic heterocycles. The van der Waals surface area contributed by atoms with Crippen LogP contribution in [0, 0.1) is 0 Å². The smallest absolute Gasteiger partial charge is 0.237 e. The third-order valence-electron chi connectivity index (χ3n) is 2.73. The van der Waals surface area contributed by atoms with Gasteiger partial charge in [-0.25, -0.2) is 0 Å². The fourth-order valence-corrected chi connectivity index (χ4v) is 2.67. The van der Waals surface area contributed by atoms with Gasteiger partial charge in [-0.3, -0.25) is 9.78 Å². The van der Waals surface area contributed by atoms with Crippen LogP contribution in [0.25, 0.3) is 0 Å². The first kappa shape index (κ1) is 15.1. The molecule has 20 heavy (non-hydrogen) atoms. The second-order valence-corrected chi connectivity index (χ2v) is 6.55. The first-order valence-electron chi connectivity index (χ1n) is 6.22. The Kier molecular flexibility index (Phi) is 5.61. The summed E-state index contributed by atoms with van der Waals surface area (Å²) in [5.74, 6) is 0.830. The lowest BCUT2D eigenvalue weighted by Crippen LogP contribution is -2.22. The molecular weight excluding hydrogens is 336 g/mol. The van der Waals surface area contributed by atoms with Crippen molar-refractivity contribution >= 4 is 39.3 Å². The minimum Gasteiger partial charge on any atom is -0.325 e. The Morgan fingerprint density at radius 3 is 2.55 bits per heavy atom. The van der Waals surface area contributed by atoms with Crippen LogP contribution in [0.2, 0.25) is 0 Å². The van der Waals surface area contributed by atoms with Crippen molar-refractivity contribution < 1.29 is 4.79 Å². The van der Waals surface area contributed by atoms with Crippen LogP contribution in [0.15, 0.2) is 53.3 Å². The molecule has 1 N–H and O–H groups in total. The molecule has 2 rings (SSSR count). The average Bonchev–Trinajstić information content (AvgIpc) is 2.47. The molecule has 1 amide bonds. The van der Waals surface area contributed by atoms with Crippen molar-refractivity contribution in [2.75, 3.05) is 5.32 Å². The first-order valence-corrected chi connectivity index (χ1v) is 8.06. The summed E-state index contributed by atoms with van der Waals surface area (Å²) in [5, 5.41) is 2.77. The topological polar surface area (TPSA) is 42.0 Å². The number of thioether (sulfide) groups is 1. The fourth-order valence-electron chi connectivity index (χ4n) is 1.56. The summed E-state index contributed by atoms with van der Waals surface area (Å²) in [7, 11) is 0. The maximum Gasteiger partial charge on any atom is 0.237 e. The summed E-state index contributed by atoms with van der Waals surface area (Å²) in [6.07, 6.45) is 3.32. The zero-order chi connectivity index (χ0) is 14.4. The molecule has 0 aliphatic heterocycles. The lowest BCUT2D eigenvalue weighted by atomic mass is 10.2. The quantitative estimate of drug-likeness (QED) is 0.882. The molecule has 5 heteroatoms. The average molecular weight is 351 g/mol. The lowest BCUT2D eigenvalue weighted by Gasteiger charge is -2.12. The molecule has 2 aromatic rings. The maximum atomic E-state index is 12.0. The summed E-state index contributed by atoms with van der Waals surface area (Å²) in [5.41, 5.74) is 1.99. The second kappa shape index (κ2) is 7.45. The van der Waals surface area contributed by atoms with Crippen molar-refractivity contribution in [1.82, 2.24) is 4.98 Å². The summed E-state index contributed by atoms with van der Waals surface area (Å²) in [4.78, 5) is 15.9. The van der Waals surface area contributed by atoms with Crippen LogP contribution in [0.4, 0.5) is 5.69 Å². The van der Waals surface area contributed by atoms with Crippen LogP contribution in [-0.2, 0) is 10.5 Å². The van der Waals surface area contributed by atoms with Crippen molar-refractivity contribution in [2.24, 2.45) is 0 Å². The number of rotatable bonds is 5. The van der Waals surface area contributed by atoms with Gasteiger partial charge in [-0.2, -0.15) is 0 Å². The molecule has 1 unspecified atom stereocenters. The molecule has 0 saturated carbocycles. The molecule has 104 valence electrons. The minimum absolute atomic E-state index is 0.0123. The van der Waals surface area contributed by atoms with E-state index in [1.807, 2.05) is 19.1 Å². The van der Waals surface area contributed by atoms with E-state index in [0.717, 1.165) is 15.9 Å². The zero-order valence-electron chi connectivity index (χ0n) is 11.0. The molecule has 0 radical (unpaired) electrons. The highest BCUT2D eigenvalue weighted by atomic mass is 79.9.